The van der Waals surface area contributed by atoms with Gasteiger partial charge in [0.25, 0.3) is 0 Å². The predicted octanol–water partition coefficient (Wildman–Crippen LogP) is 1.67. The van der Waals surface area contributed by atoms with Crippen LogP contribution in [0, 0.1) is 0 Å². The van der Waals surface area contributed by atoms with E-state index in [1.807, 2.05) is 26.0 Å². The lowest BCUT2D eigenvalue weighted by atomic mass is 10.0. The lowest BCUT2D eigenvalue weighted by Crippen LogP contribution is -2.26. The number of aliphatic hydroxyl groups is 1. The van der Waals surface area contributed by atoms with Crippen molar-refractivity contribution < 1.29 is 5.11 Å². The Morgan fingerprint density at radius 3 is 2.64 bits per heavy atom. The molecular formula is C12H19NO. The second kappa shape index (κ2) is 5.13. The average molecular weight is 193 g/mol. The molecule has 2 atom stereocenters. The molecule has 0 aromatic heterocycles. The second-order valence-corrected chi connectivity index (χ2v) is 3.36. The monoisotopic (exact) mass is 193 g/mol. The van der Waals surface area contributed by atoms with Gasteiger partial charge in [0.2, 0.25) is 0 Å². The van der Waals surface area contributed by atoms with E-state index in [4.69, 9.17) is 10.8 Å². The zero-order valence-corrected chi connectivity index (χ0v) is 8.90. The van der Waals surface area contributed by atoms with Crippen molar-refractivity contribution in [1.29, 1.82) is 0 Å². The van der Waals surface area contributed by atoms with Crippen LogP contribution in [0.1, 0.15) is 30.9 Å². The maximum Gasteiger partial charge on any atom is 0.0514 e. The van der Waals surface area contributed by atoms with E-state index in [1.54, 1.807) is 0 Å². The molecule has 0 aliphatic heterocycles. The van der Waals surface area contributed by atoms with Crippen molar-refractivity contribution in [2.24, 2.45) is 5.73 Å². The molecule has 0 spiro atoms. The molecule has 0 saturated carbocycles. The summed E-state index contributed by atoms with van der Waals surface area (Å²) >= 11 is 0. The lowest BCUT2D eigenvalue weighted by Gasteiger charge is -2.12. The van der Waals surface area contributed by atoms with Gasteiger partial charge in [-0.2, -0.15) is 0 Å². The third-order valence-corrected chi connectivity index (χ3v) is 2.62. The maximum atomic E-state index is 9.10. The normalized spacial score (nSPS) is 23.7. The minimum atomic E-state index is 0.104. The van der Waals surface area contributed by atoms with E-state index >= 15 is 0 Å². The molecule has 0 heterocycles. The van der Waals surface area contributed by atoms with Crippen LogP contribution in [0.5, 0.6) is 0 Å². The van der Waals surface area contributed by atoms with Gasteiger partial charge < -0.3 is 10.8 Å². The van der Waals surface area contributed by atoms with Crippen molar-refractivity contribution in [2.75, 3.05) is 6.61 Å². The zero-order valence-electron chi connectivity index (χ0n) is 8.90. The third kappa shape index (κ3) is 1.97. The first-order chi connectivity index (χ1) is 6.83. The number of aliphatic hydroxyl groups excluding tert-OH is 1. The van der Waals surface area contributed by atoms with E-state index in [9.17, 15) is 0 Å². The Morgan fingerprint density at radius 2 is 2.00 bits per heavy atom. The Morgan fingerprint density at radius 1 is 1.36 bits per heavy atom. The van der Waals surface area contributed by atoms with E-state index in [0.717, 1.165) is 6.42 Å². The van der Waals surface area contributed by atoms with Gasteiger partial charge in [-0.15, -0.1) is 0 Å². The highest BCUT2D eigenvalue weighted by Gasteiger charge is 2.28. The van der Waals surface area contributed by atoms with Crippen molar-refractivity contribution in [3.8, 4) is 0 Å². The molecule has 0 amide bonds. The molecular weight excluding hydrogens is 174 g/mol. The van der Waals surface area contributed by atoms with Crippen LogP contribution in [0.2, 0.25) is 0 Å². The molecule has 1 aliphatic carbocycles. The fourth-order valence-corrected chi connectivity index (χ4v) is 1.94. The van der Waals surface area contributed by atoms with Gasteiger partial charge in [-0.25, -0.2) is 0 Å². The number of fused-ring (bicyclic) bond motifs is 1. The van der Waals surface area contributed by atoms with E-state index in [0.29, 0.717) is 0 Å². The first kappa shape index (κ1) is 11.2. The SMILES string of the molecule is CC.NC1Cc2ccccc2C1CO. The van der Waals surface area contributed by atoms with Gasteiger partial charge in [-0.1, -0.05) is 38.1 Å². The number of hydrogen-bond acceptors (Lipinski definition) is 2. The summed E-state index contributed by atoms with van der Waals surface area (Å²) in [6, 6.07) is 8.27. The summed E-state index contributed by atoms with van der Waals surface area (Å²) in [5.41, 5.74) is 8.40. The first-order valence-corrected chi connectivity index (χ1v) is 5.27. The van der Waals surface area contributed by atoms with Crippen molar-refractivity contribution >= 4 is 0 Å². The molecule has 0 radical (unpaired) electrons. The lowest BCUT2D eigenvalue weighted by molar-refractivity contribution is 0.255. The molecule has 2 unspecified atom stereocenters. The molecule has 1 aromatic rings. The van der Waals surface area contributed by atoms with Gasteiger partial charge in [-0.3, -0.25) is 0 Å². The van der Waals surface area contributed by atoms with Crippen LogP contribution < -0.4 is 5.73 Å². The molecule has 14 heavy (non-hydrogen) atoms. The molecule has 3 N–H and O–H groups in total. The fourth-order valence-electron chi connectivity index (χ4n) is 1.94. The van der Waals surface area contributed by atoms with Crippen molar-refractivity contribution in [3.05, 3.63) is 35.4 Å². The van der Waals surface area contributed by atoms with Crippen LogP contribution in [-0.4, -0.2) is 17.8 Å². The highest BCUT2D eigenvalue weighted by Crippen LogP contribution is 2.31. The van der Waals surface area contributed by atoms with Gasteiger partial charge >= 0.3 is 0 Å². The molecule has 2 rings (SSSR count). The third-order valence-electron chi connectivity index (χ3n) is 2.62. The van der Waals surface area contributed by atoms with Gasteiger partial charge in [0, 0.05) is 12.0 Å². The fraction of sp³-hybridized carbons (Fsp3) is 0.500. The molecule has 0 saturated heterocycles. The number of hydrogen-bond donors (Lipinski definition) is 2. The highest BCUT2D eigenvalue weighted by atomic mass is 16.3. The Kier molecular flexibility index (Phi) is 4.11. The number of rotatable bonds is 1. The molecule has 2 heteroatoms. The molecule has 1 aromatic carbocycles. The second-order valence-electron chi connectivity index (χ2n) is 3.36. The van der Waals surface area contributed by atoms with Crippen LogP contribution in [-0.2, 0) is 6.42 Å². The summed E-state index contributed by atoms with van der Waals surface area (Å²) in [5, 5.41) is 9.10. The Balaban J connectivity index is 0.000000461. The largest absolute Gasteiger partial charge is 0.396 e. The highest BCUT2D eigenvalue weighted by molar-refractivity contribution is 5.37. The van der Waals surface area contributed by atoms with Crippen molar-refractivity contribution in [1.82, 2.24) is 0 Å². The smallest absolute Gasteiger partial charge is 0.0514 e. The summed E-state index contributed by atoms with van der Waals surface area (Å²) in [6.45, 7) is 4.16. The van der Waals surface area contributed by atoms with E-state index < -0.39 is 0 Å². The van der Waals surface area contributed by atoms with Crippen LogP contribution in [0.25, 0.3) is 0 Å². The summed E-state index contributed by atoms with van der Waals surface area (Å²) in [5.74, 6) is 0.154. The molecule has 78 valence electrons. The van der Waals surface area contributed by atoms with Crippen molar-refractivity contribution in [3.63, 3.8) is 0 Å². The summed E-state index contributed by atoms with van der Waals surface area (Å²) < 4.78 is 0. The standard InChI is InChI=1S/C10H13NO.C2H6/c11-10-5-7-3-1-2-4-8(7)9(10)6-12;1-2/h1-4,9-10,12H,5-6,11H2;1-2H3. The van der Waals surface area contributed by atoms with Crippen LogP contribution in [0.15, 0.2) is 24.3 Å². The number of benzene rings is 1. The van der Waals surface area contributed by atoms with Gasteiger partial charge in [0.15, 0.2) is 0 Å². The van der Waals surface area contributed by atoms with Crippen LogP contribution >= 0.6 is 0 Å². The zero-order chi connectivity index (χ0) is 10.6. The summed E-state index contributed by atoms with van der Waals surface area (Å²) in [7, 11) is 0. The quantitative estimate of drug-likeness (QED) is 0.712. The molecule has 0 fully saturated rings. The van der Waals surface area contributed by atoms with Crippen LogP contribution in [0.4, 0.5) is 0 Å². The Hall–Kier alpha value is -0.860. The molecule has 0 bridgehead atoms. The maximum absolute atomic E-state index is 9.10. The minimum Gasteiger partial charge on any atom is -0.396 e. The van der Waals surface area contributed by atoms with E-state index in [2.05, 4.69) is 12.1 Å². The van der Waals surface area contributed by atoms with Gasteiger partial charge in [0.1, 0.15) is 0 Å². The topological polar surface area (TPSA) is 46.2 Å². The Labute approximate surface area is 85.8 Å². The predicted molar refractivity (Wildman–Crippen MR) is 59.3 cm³/mol. The van der Waals surface area contributed by atoms with Crippen LogP contribution in [0.3, 0.4) is 0 Å². The average Bonchev–Trinajstić information content (AvgIpc) is 2.56. The van der Waals surface area contributed by atoms with Crippen molar-refractivity contribution in [2.45, 2.75) is 32.2 Å². The first-order valence-electron chi connectivity index (χ1n) is 5.27. The minimum absolute atomic E-state index is 0.104. The Bertz CT molecular complexity index is 285. The van der Waals surface area contributed by atoms with E-state index in [1.165, 1.54) is 11.1 Å². The summed E-state index contributed by atoms with van der Waals surface area (Å²) in [4.78, 5) is 0. The molecule has 1 aliphatic rings. The van der Waals surface area contributed by atoms with E-state index in [-0.39, 0.29) is 18.6 Å². The van der Waals surface area contributed by atoms with Gasteiger partial charge in [0.05, 0.1) is 6.61 Å². The number of nitrogens with two attached hydrogens (primary N) is 1. The summed E-state index contributed by atoms with van der Waals surface area (Å²) in [6.07, 6.45) is 0.904. The van der Waals surface area contributed by atoms with Gasteiger partial charge in [-0.05, 0) is 17.5 Å². The molecule has 2 nitrogen and oxygen atoms in total.